The zero-order valence-corrected chi connectivity index (χ0v) is 15.5. The molecule has 1 aromatic carbocycles. The first-order chi connectivity index (χ1) is 13.2. The van der Waals surface area contributed by atoms with Gasteiger partial charge in [0.25, 0.3) is 5.69 Å². The molecular formula is C20H18N4O2S. The Labute approximate surface area is 160 Å². The Balaban J connectivity index is 1.76. The van der Waals surface area contributed by atoms with Crippen molar-refractivity contribution in [1.82, 2.24) is 4.98 Å². The number of nitro benzene ring substituents is 1. The molecule has 1 aliphatic carbocycles. The van der Waals surface area contributed by atoms with E-state index in [4.69, 9.17) is 0 Å². The SMILES string of the molecule is N#Cc1c(/N=C/c2c[nH]c3cccc([N+](=O)[O-])c23)sc2c1CCCCCC2. The van der Waals surface area contributed by atoms with Gasteiger partial charge in [0.05, 0.1) is 21.4 Å². The lowest BCUT2D eigenvalue weighted by atomic mass is 9.97. The molecular weight excluding hydrogens is 360 g/mol. The van der Waals surface area contributed by atoms with Gasteiger partial charge in [-0.25, -0.2) is 4.99 Å². The Bertz CT molecular complexity index is 1090. The molecule has 3 aromatic rings. The van der Waals surface area contributed by atoms with Gasteiger partial charge in [-0.05, 0) is 37.3 Å². The number of aryl methyl sites for hydroxylation is 1. The third-order valence-electron chi connectivity index (χ3n) is 5.00. The number of H-pyrrole nitrogens is 1. The average Bonchev–Trinajstić information content (AvgIpc) is 3.20. The standard InChI is InChI=1S/C20H18N4O2S/c21-10-15-14-6-3-1-2-4-9-18(14)27-20(15)23-12-13-11-22-16-7-5-8-17(19(13)16)24(25)26/h5,7-8,11-12,22H,1-4,6,9H2/b23-12+. The predicted molar refractivity (Wildman–Crippen MR) is 107 cm³/mol. The van der Waals surface area contributed by atoms with Crippen LogP contribution in [0.25, 0.3) is 10.9 Å². The summed E-state index contributed by atoms with van der Waals surface area (Å²) >= 11 is 1.58. The van der Waals surface area contributed by atoms with E-state index in [2.05, 4.69) is 16.0 Å². The van der Waals surface area contributed by atoms with Crippen molar-refractivity contribution < 1.29 is 4.92 Å². The molecule has 0 spiro atoms. The van der Waals surface area contributed by atoms with Gasteiger partial charge in [0.2, 0.25) is 0 Å². The number of aromatic amines is 1. The highest BCUT2D eigenvalue weighted by Gasteiger charge is 2.19. The summed E-state index contributed by atoms with van der Waals surface area (Å²) in [5.74, 6) is 0. The molecule has 0 unspecified atom stereocenters. The second kappa shape index (κ2) is 7.33. The maximum absolute atomic E-state index is 11.3. The van der Waals surface area contributed by atoms with Gasteiger partial charge in [-0.15, -0.1) is 11.3 Å². The summed E-state index contributed by atoms with van der Waals surface area (Å²) in [6, 6.07) is 7.28. The van der Waals surface area contributed by atoms with Crippen LogP contribution in [0.3, 0.4) is 0 Å². The van der Waals surface area contributed by atoms with E-state index < -0.39 is 0 Å². The molecule has 0 atom stereocenters. The molecule has 0 saturated heterocycles. The zero-order chi connectivity index (χ0) is 18.8. The van der Waals surface area contributed by atoms with E-state index in [-0.39, 0.29) is 10.6 Å². The lowest BCUT2D eigenvalue weighted by Gasteiger charge is -2.08. The van der Waals surface area contributed by atoms with Crippen LogP contribution in [-0.4, -0.2) is 16.1 Å². The molecule has 0 fully saturated rings. The van der Waals surface area contributed by atoms with Crippen LogP contribution in [0.4, 0.5) is 10.7 Å². The Hall–Kier alpha value is -2.98. The molecule has 27 heavy (non-hydrogen) atoms. The average molecular weight is 378 g/mol. The Kier molecular flexibility index (Phi) is 4.73. The van der Waals surface area contributed by atoms with E-state index in [9.17, 15) is 15.4 Å². The van der Waals surface area contributed by atoms with Gasteiger partial charge < -0.3 is 4.98 Å². The van der Waals surface area contributed by atoms with Gasteiger partial charge >= 0.3 is 0 Å². The fraction of sp³-hybridized carbons (Fsp3) is 0.300. The van der Waals surface area contributed by atoms with Crippen LogP contribution in [0.1, 0.15) is 47.3 Å². The highest BCUT2D eigenvalue weighted by atomic mass is 32.1. The molecule has 2 heterocycles. The van der Waals surface area contributed by atoms with Crippen molar-refractivity contribution in [2.75, 3.05) is 0 Å². The number of aliphatic imine (C=N–C) groups is 1. The van der Waals surface area contributed by atoms with Crippen molar-refractivity contribution >= 4 is 39.1 Å². The minimum Gasteiger partial charge on any atom is -0.360 e. The summed E-state index contributed by atoms with van der Waals surface area (Å²) < 4.78 is 0. The largest absolute Gasteiger partial charge is 0.360 e. The van der Waals surface area contributed by atoms with E-state index in [1.54, 1.807) is 35.9 Å². The number of hydrogen-bond donors (Lipinski definition) is 1. The molecule has 6 nitrogen and oxygen atoms in total. The van der Waals surface area contributed by atoms with Crippen LogP contribution in [0.5, 0.6) is 0 Å². The molecule has 1 N–H and O–H groups in total. The molecule has 7 heteroatoms. The predicted octanol–water partition coefficient (Wildman–Crippen LogP) is 5.42. The van der Waals surface area contributed by atoms with Crippen molar-refractivity contribution in [2.45, 2.75) is 38.5 Å². The summed E-state index contributed by atoms with van der Waals surface area (Å²) in [6.45, 7) is 0. The molecule has 4 rings (SSSR count). The maximum Gasteiger partial charge on any atom is 0.279 e. The van der Waals surface area contributed by atoms with Crippen LogP contribution < -0.4 is 0 Å². The molecule has 0 bridgehead atoms. The molecule has 2 aromatic heterocycles. The molecule has 1 aliphatic rings. The molecule has 0 radical (unpaired) electrons. The summed E-state index contributed by atoms with van der Waals surface area (Å²) in [6.07, 6.45) is 9.98. The van der Waals surface area contributed by atoms with Gasteiger partial charge in [0.15, 0.2) is 0 Å². The Morgan fingerprint density at radius 1 is 1.26 bits per heavy atom. The second-order valence-electron chi connectivity index (χ2n) is 6.67. The molecule has 0 saturated carbocycles. The summed E-state index contributed by atoms with van der Waals surface area (Å²) in [5.41, 5.74) is 3.22. The lowest BCUT2D eigenvalue weighted by Crippen LogP contribution is -1.97. The number of nitro groups is 1. The number of non-ortho nitro benzene ring substituents is 1. The number of hydrogen-bond acceptors (Lipinski definition) is 5. The van der Waals surface area contributed by atoms with Gasteiger partial charge in [-0.1, -0.05) is 18.9 Å². The topological polar surface area (TPSA) is 95.1 Å². The van der Waals surface area contributed by atoms with Crippen LogP contribution in [0, 0.1) is 21.4 Å². The highest BCUT2D eigenvalue weighted by Crippen LogP contribution is 2.38. The molecule has 0 aliphatic heterocycles. The number of fused-ring (bicyclic) bond motifs is 2. The third kappa shape index (κ3) is 3.24. The first-order valence-electron chi connectivity index (χ1n) is 9.02. The lowest BCUT2D eigenvalue weighted by molar-refractivity contribution is -0.383. The highest BCUT2D eigenvalue weighted by molar-refractivity contribution is 7.16. The maximum atomic E-state index is 11.3. The van der Waals surface area contributed by atoms with Gasteiger partial charge in [-0.3, -0.25) is 10.1 Å². The van der Waals surface area contributed by atoms with Gasteiger partial charge in [0, 0.05) is 28.9 Å². The summed E-state index contributed by atoms with van der Waals surface area (Å²) in [7, 11) is 0. The van der Waals surface area contributed by atoms with Crippen molar-refractivity contribution in [3.8, 4) is 6.07 Å². The normalized spacial score (nSPS) is 14.6. The first-order valence-corrected chi connectivity index (χ1v) is 9.84. The van der Waals surface area contributed by atoms with Crippen LogP contribution in [-0.2, 0) is 12.8 Å². The minimum absolute atomic E-state index is 0.0501. The van der Waals surface area contributed by atoms with E-state index in [1.807, 2.05) is 0 Å². The van der Waals surface area contributed by atoms with Gasteiger partial charge in [0.1, 0.15) is 11.1 Å². The number of nitrogens with zero attached hydrogens (tertiary/aromatic N) is 3. The monoisotopic (exact) mass is 378 g/mol. The van der Waals surface area contributed by atoms with E-state index in [1.165, 1.54) is 23.8 Å². The number of benzene rings is 1. The third-order valence-corrected chi connectivity index (χ3v) is 6.20. The summed E-state index contributed by atoms with van der Waals surface area (Å²) in [4.78, 5) is 19.8. The number of aromatic nitrogens is 1. The van der Waals surface area contributed by atoms with E-state index in [0.717, 1.165) is 31.2 Å². The van der Waals surface area contributed by atoms with Crippen molar-refractivity contribution in [3.05, 3.63) is 56.1 Å². The molecule has 136 valence electrons. The van der Waals surface area contributed by atoms with Crippen LogP contribution >= 0.6 is 11.3 Å². The van der Waals surface area contributed by atoms with Crippen LogP contribution in [0.15, 0.2) is 29.4 Å². The Morgan fingerprint density at radius 2 is 2.07 bits per heavy atom. The van der Waals surface area contributed by atoms with E-state index >= 15 is 0 Å². The van der Waals surface area contributed by atoms with Crippen molar-refractivity contribution in [2.24, 2.45) is 4.99 Å². The van der Waals surface area contributed by atoms with Crippen molar-refractivity contribution in [1.29, 1.82) is 5.26 Å². The number of nitriles is 1. The smallest absolute Gasteiger partial charge is 0.279 e. The second-order valence-corrected chi connectivity index (χ2v) is 7.75. The Morgan fingerprint density at radius 3 is 2.85 bits per heavy atom. The van der Waals surface area contributed by atoms with Gasteiger partial charge in [-0.2, -0.15) is 5.26 Å². The quantitative estimate of drug-likeness (QED) is 0.374. The van der Waals surface area contributed by atoms with E-state index in [0.29, 0.717) is 27.0 Å². The number of rotatable bonds is 3. The van der Waals surface area contributed by atoms with Crippen molar-refractivity contribution in [3.63, 3.8) is 0 Å². The fourth-order valence-electron chi connectivity index (χ4n) is 3.68. The molecule has 0 amide bonds. The number of nitrogens with one attached hydrogen (secondary N) is 1. The van der Waals surface area contributed by atoms with Crippen LogP contribution in [0.2, 0.25) is 0 Å². The minimum atomic E-state index is -0.384. The first kappa shape index (κ1) is 17.4. The fourth-order valence-corrected chi connectivity index (χ4v) is 4.87. The zero-order valence-electron chi connectivity index (χ0n) is 14.7. The number of thiophene rings is 1. The summed E-state index contributed by atoms with van der Waals surface area (Å²) in [5, 5.41) is 22.2.